The van der Waals surface area contributed by atoms with E-state index in [2.05, 4.69) is 0 Å². The molecule has 0 unspecified atom stereocenters. The molecule has 39 heavy (non-hydrogen) atoms. The number of halogens is 1. The number of carbonyl (C=O) groups excluding carboxylic acids is 1. The molecule has 12 heteroatoms. The Morgan fingerprint density at radius 1 is 0.846 bits per heavy atom. The van der Waals surface area contributed by atoms with Crippen LogP contribution in [0.15, 0.2) is 82.6 Å². The third kappa shape index (κ3) is 6.40. The van der Waals surface area contributed by atoms with Crippen molar-refractivity contribution in [3.05, 3.63) is 84.2 Å². The quantitative estimate of drug-likeness (QED) is 0.388. The first-order chi connectivity index (χ1) is 18.5. The summed E-state index contributed by atoms with van der Waals surface area (Å²) >= 11 is 0. The highest BCUT2D eigenvalue weighted by atomic mass is 32.2. The number of amides is 1. The normalized spacial score (nSPS) is 14.7. The Bertz CT molecular complexity index is 1500. The van der Waals surface area contributed by atoms with E-state index in [-0.39, 0.29) is 41.7 Å². The summed E-state index contributed by atoms with van der Waals surface area (Å²) in [5, 5.41) is 0. The largest absolute Gasteiger partial charge is 0.494 e. The van der Waals surface area contributed by atoms with Gasteiger partial charge in [-0.3, -0.25) is 9.10 Å². The number of anilines is 1. The maximum absolute atomic E-state index is 13.6. The molecule has 208 valence electrons. The summed E-state index contributed by atoms with van der Waals surface area (Å²) in [6.45, 7) is 3.98. The van der Waals surface area contributed by atoms with Gasteiger partial charge in [-0.2, -0.15) is 4.31 Å². The third-order valence-corrected chi connectivity index (χ3v) is 10.1. The lowest BCUT2D eigenvalue weighted by atomic mass is 10.2. The van der Waals surface area contributed by atoms with Crippen LogP contribution in [0.2, 0.25) is 0 Å². The number of ether oxygens (including phenoxy) is 1. The number of rotatable bonds is 9. The Hall–Kier alpha value is -3.48. The molecule has 0 atom stereocenters. The van der Waals surface area contributed by atoms with Crippen molar-refractivity contribution in [2.45, 2.75) is 23.6 Å². The molecule has 0 spiro atoms. The van der Waals surface area contributed by atoms with Gasteiger partial charge in [0.1, 0.15) is 18.1 Å². The molecule has 1 heterocycles. The zero-order valence-corrected chi connectivity index (χ0v) is 23.3. The van der Waals surface area contributed by atoms with Crippen molar-refractivity contribution in [1.29, 1.82) is 0 Å². The minimum absolute atomic E-state index is 0.0791. The van der Waals surface area contributed by atoms with Gasteiger partial charge in [0, 0.05) is 26.2 Å². The molecular formula is C27H30FN3O6S2. The Labute approximate surface area is 228 Å². The molecule has 0 saturated carbocycles. The van der Waals surface area contributed by atoms with E-state index < -0.39 is 38.3 Å². The summed E-state index contributed by atoms with van der Waals surface area (Å²) in [6.07, 6.45) is 0. The van der Waals surface area contributed by atoms with E-state index in [1.54, 1.807) is 36.4 Å². The zero-order chi connectivity index (χ0) is 28.2. The monoisotopic (exact) mass is 575 g/mol. The third-order valence-electron chi connectivity index (χ3n) is 6.37. The van der Waals surface area contributed by atoms with Crippen LogP contribution in [-0.4, -0.2) is 71.3 Å². The Morgan fingerprint density at radius 3 is 1.97 bits per heavy atom. The lowest BCUT2D eigenvalue weighted by Gasteiger charge is -2.35. The molecular weight excluding hydrogens is 545 g/mol. The molecule has 1 aliphatic rings. The number of sulfonamides is 2. The van der Waals surface area contributed by atoms with E-state index in [0.29, 0.717) is 12.4 Å². The number of benzene rings is 3. The van der Waals surface area contributed by atoms with Crippen molar-refractivity contribution < 1.29 is 30.8 Å². The highest BCUT2D eigenvalue weighted by molar-refractivity contribution is 7.92. The Morgan fingerprint density at radius 2 is 1.41 bits per heavy atom. The Balaban J connectivity index is 1.53. The summed E-state index contributed by atoms with van der Waals surface area (Å²) in [6, 6.07) is 17.2. The summed E-state index contributed by atoms with van der Waals surface area (Å²) in [7, 11) is -7.95. The summed E-state index contributed by atoms with van der Waals surface area (Å²) in [5.41, 5.74) is 1.17. The van der Waals surface area contributed by atoms with Crippen LogP contribution in [-0.2, 0) is 24.8 Å². The number of carbonyl (C=O) groups is 1. The van der Waals surface area contributed by atoms with Gasteiger partial charge in [0.05, 0.1) is 22.1 Å². The maximum Gasteiger partial charge on any atom is 0.264 e. The second-order valence-electron chi connectivity index (χ2n) is 8.99. The number of aryl methyl sites for hydroxylation is 1. The second kappa shape index (κ2) is 11.7. The first-order valence-electron chi connectivity index (χ1n) is 12.4. The molecule has 3 aromatic rings. The number of hydrogen-bond donors (Lipinski definition) is 0. The van der Waals surface area contributed by atoms with E-state index in [1.807, 2.05) is 13.8 Å². The molecule has 3 aromatic carbocycles. The van der Waals surface area contributed by atoms with Gasteiger partial charge in [-0.25, -0.2) is 21.2 Å². The molecule has 0 bridgehead atoms. The number of piperazine rings is 1. The minimum Gasteiger partial charge on any atom is -0.494 e. The highest BCUT2D eigenvalue weighted by Gasteiger charge is 2.33. The van der Waals surface area contributed by atoms with E-state index in [0.717, 1.165) is 34.1 Å². The lowest BCUT2D eigenvalue weighted by molar-refractivity contribution is -0.130. The SMILES string of the molecule is CCOc1ccc(N(CC(=O)N2CCN(S(=O)(=O)c3ccc(C)cc3)CC2)S(=O)(=O)c2ccc(F)cc2)cc1. The van der Waals surface area contributed by atoms with Gasteiger partial charge in [0.25, 0.3) is 10.0 Å². The first kappa shape index (κ1) is 28.5. The van der Waals surface area contributed by atoms with E-state index >= 15 is 0 Å². The van der Waals surface area contributed by atoms with Crippen molar-refractivity contribution in [2.24, 2.45) is 0 Å². The first-order valence-corrected chi connectivity index (χ1v) is 15.3. The molecule has 1 aliphatic heterocycles. The fourth-order valence-electron chi connectivity index (χ4n) is 4.18. The van der Waals surface area contributed by atoms with Gasteiger partial charge >= 0.3 is 0 Å². The van der Waals surface area contributed by atoms with Crippen LogP contribution in [0.5, 0.6) is 5.75 Å². The topological polar surface area (TPSA) is 104 Å². The van der Waals surface area contributed by atoms with Crippen LogP contribution in [0, 0.1) is 12.7 Å². The fourth-order valence-corrected chi connectivity index (χ4v) is 7.02. The summed E-state index contributed by atoms with van der Waals surface area (Å²) in [5.74, 6) is -0.532. The molecule has 1 saturated heterocycles. The molecule has 9 nitrogen and oxygen atoms in total. The maximum atomic E-state index is 13.6. The average molecular weight is 576 g/mol. The van der Waals surface area contributed by atoms with Crippen molar-refractivity contribution in [3.63, 3.8) is 0 Å². The summed E-state index contributed by atoms with van der Waals surface area (Å²) in [4.78, 5) is 14.8. The predicted molar refractivity (Wildman–Crippen MR) is 145 cm³/mol. The summed E-state index contributed by atoms with van der Waals surface area (Å²) < 4.78 is 74.4. The van der Waals surface area contributed by atoms with Crippen LogP contribution in [0.4, 0.5) is 10.1 Å². The molecule has 1 fully saturated rings. The number of nitrogens with zero attached hydrogens (tertiary/aromatic N) is 3. The van der Waals surface area contributed by atoms with Crippen molar-refractivity contribution in [1.82, 2.24) is 9.21 Å². The van der Waals surface area contributed by atoms with Crippen LogP contribution in [0.25, 0.3) is 0 Å². The van der Waals surface area contributed by atoms with E-state index in [9.17, 15) is 26.0 Å². The molecule has 0 aromatic heterocycles. The van der Waals surface area contributed by atoms with Gasteiger partial charge in [-0.1, -0.05) is 17.7 Å². The predicted octanol–water partition coefficient (Wildman–Crippen LogP) is 3.26. The van der Waals surface area contributed by atoms with Gasteiger partial charge < -0.3 is 9.64 Å². The van der Waals surface area contributed by atoms with Gasteiger partial charge in [0.15, 0.2) is 0 Å². The van der Waals surface area contributed by atoms with Crippen LogP contribution < -0.4 is 9.04 Å². The van der Waals surface area contributed by atoms with Crippen molar-refractivity contribution >= 4 is 31.6 Å². The fraction of sp³-hybridized carbons (Fsp3) is 0.296. The Kier molecular flexibility index (Phi) is 8.57. The molecule has 4 rings (SSSR count). The zero-order valence-electron chi connectivity index (χ0n) is 21.7. The van der Waals surface area contributed by atoms with E-state index in [1.165, 1.54) is 21.3 Å². The minimum atomic E-state index is -4.23. The van der Waals surface area contributed by atoms with Gasteiger partial charge in [0.2, 0.25) is 15.9 Å². The van der Waals surface area contributed by atoms with Crippen LogP contribution >= 0.6 is 0 Å². The smallest absolute Gasteiger partial charge is 0.264 e. The molecule has 0 N–H and O–H groups in total. The molecule has 0 radical (unpaired) electrons. The number of hydrogen-bond acceptors (Lipinski definition) is 6. The molecule has 1 amide bonds. The second-order valence-corrected chi connectivity index (χ2v) is 12.8. The average Bonchev–Trinajstić information content (AvgIpc) is 2.93. The van der Waals surface area contributed by atoms with E-state index in [4.69, 9.17) is 4.74 Å². The standard InChI is InChI=1S/C27H30FN3O6S2/c1-3-37-24-10-8-23(9-11-24)31(39(35,36)26-14-6-22(28)7-15-26)20-27(32)29-16-18-30(19-17-29)38(33,34)25-12-4-21(2)5-13-25/h4-15H,3,16-20H2,1-2H3. The van der Waals surface area contributed by atoms with Crippen molar-refractivity contribution in [2.75, 3.05) is 43.6 Å². The highest BCUT2D eigenvalue weighted by Crippen LogP contribution is 2.27. The van der Waals surface area contributed by atoms with Crippen LogP contribution in [0.1, 0.15) is 12.5 Å². The lowest BCUT2D eigenvalue weighted by Crippen LogP contribution is -2.53. The van der Waals surface area contributed by atoms with Crippen molar-refractivity contribution in [3.8, 4) is 5.75 Å². The van der Waals surface area contributed by atoms with Gasteiger partial charge in [-0.15, -0.1) is 0 Å². The van der Waals surface area contributed by atoms with Crippen LogP contribution in [0.3, 0.4) is 0 Å². The van der Waals surface area contributed by atoms with Gasteiger partial charge in [-0.05, 0) is 74.5 Å². The molecule has 0 aliphatic carbocycles.